The van der Waals surface area contributed by atoms with Crippen molar-refractivity contribution in [2.45, 2.75) is 19.9 Å². The summed E-state index contributed by atoms with van der Waals surface area (Å²) in [6.45, 7) is 3.28. The van der Waals surface area contributed by atoms with Gasteiger partial charge in [-0.15, -0.1) is 11.3 Å². The molecule has 1 N–H and O–H groups in total. The predicted octanol–water partition coefficient (Wildman–Crippen LogP) is 4.37. The summed E-state index contributed by atoms with van der Waals surface area (Å²) in [4.78, 5) is 12.6. The van der Waals surface area contributed by atoms with Crippen molar-refractivity contribution in [2.24, 2.45) is 0 Å². The lowest BCUT2D eigenvalue weighted by atomic mass is 10.1. The van der Waals surface area contributed by atoms with Crippen LogP contribution in [-0.2, 0) is 13.0 Å². The maximum atomic E-state index is 12.6. The quantitative estimate of drug-likeness (QED) is 0.649. The van der Waals surface area contributed by atoms with Crippen LogP contribution in [0.4, 0.5) is 0 Å². The molecule has 0 aliphatic rings. The van der Waals surface area contributed by atoms with Gasteiger partial charge < -0.3 is 19.4 Å². The van der Waals surface area contributed by atoms with Gasteiger partial charge in [-0.1, -0.05) is 17.7 Å². The number of methoxy groups -OCH3 is 2. The number of carbonyl (C=O) groups excluding carboxylic acids is 1. The summed E-state index contributed by atoms with van der Waals surface area (Å²) >= 11 is 7.56. The van der Waals surface area contributed by atoms with E-state index in [2.05, 4.69) is 5.32 Å². The molecule has 1 amide bonds. The Bertz CT molecular complexity index is 932. The number of hydrogen-bond acceptors (Lipinski definition) is 4. The van der Waals surface area contributed by atoms with Crippen molar-refractivity contribution in [3.05, 3.63) is 45.9 Å². The first kappa shape index (κ1) is 18.6. The highest BCUT2D eigenvalue weighted by molar-refractivity contribution is 7.22. The van der Waals surface area contributed by atoms with Gasteiger partial charge in [0.15, 0.2) is 11.5 Å². The second kappa shape index (κ2) is 8.01. The Labute approximate surface area is 161 Å². The van der Waals surface area contributed by atoms with E-state index in [4.69, 9.17) is 21.1 Å². The Kier molecular flexibility index (Phi) is 5.74. The first-order valence-electron chi connectivity index (χ1n) is 8.35. The van der Waals surface area contributed by atoms with Crippen molar-refractivity contribution in [3.63, 3.8) is 0 Å². The van der Waals surface area contributed by atoms with Gasteiger partial charge in [-0.2, -0.15) is 0 Å². The number of ether oxygens (including phenoxy) is 2. The van der Waals surface area contributed by atoms with Gasteiger partial charge in [0.2, 0.25) is 0 Å². The third-order valence-corrected chi connectivity index (χ3v) is 5.46. The zero-order chi connectivity index (χ0) is 18.7. The highest BCUT2D eigenvalue weighted by Gasteiger charge is 2.16. The largest absolute Gasteiger partial charge is 0.493 e. The SMILES string of the molecule is CCn1c(C(=O)NCCc2ccc(OC)c(OC)c2)cc2sc(Cl)cc21. The smallest absolute Gasteiger partial charge is 0.267 e. The molecule has 2 heterocycles. The zero-order valence-electron chi connectivity index (χ0n) is 15.0. The van der Waals surface area contributed by atoms with Gasteiger partial charge in [-0.05, 0) is 43.2 Å². The summed E-state index contributed by atoms with van der Waals surface area (Å²) in [5, 5.41) is 2.99. The van der Waals surface area contributed by atoms with E-state index in [1.54, 1.807) is 14.2 Å². The number of benzene rings is 1. The highest BCUT2D eigenvalue weighted by atomic mass is 35.5. The van der Waals surface area contributed by atoms with Crippen LogP contribution in [0.5, 0.6) is 11.5 Å². The van der Waals surface area contributed by atoms with Crippen LogP contribution in [0.1, 0.15) is 23.0 Å². The van der Waals surface area contributed by atoms with E-state index in [1.165, 1.54) is 11.3 Å². The van der Waals surface area contributed by atoms with Crippen LogP contribution in [0.15, 0.2) is 30.3 Å². The molecule has 2 aromatic heterocycles. The second-order valence-electron chi connectivity index (χ2n) is 5.77. The lowest BCUT2D eigenvalue weighted by Gasteiger charge is -2.11. The van der Waals surface area contributed by atoms with Crippen molar-refractivity contribution in [2.75, 3.05) is 20.8 Å². The second-order valence-corrected chi connectivity index (χ2v) is 7.48. The van der Waals surface area contributed by atoms with Gasteiger partial charge in [-0.3, -0.25) is 4.79 Å². The molecule has 0 aliphatic heterocycles. The van der Waals surface area contributed by atoms with E-state index in [9.17, 15) is 4.79 Å². The maximum absolute atomic E-state index is 12.6. The Morgan fingerprint density at radius 2 is 1.96 bits per heavy atom. The number of thiophene rings is 1. The molecule has 0 unspecified atom stereocenters. The van der Waals surface area contributed by atoms with Crippen molar-refractivity contribution in [1.29, 1.82) is 0 Å². The minimum absolute atomic E-state index is 0.0770. The Morgan fingerprint density at radius 1 is 1.19 bits per heavy atom. The van der Waals surface area contributed by atoms with Gasteiger partial charge >= 0.3 is 0 Å². The number of nitrogens with zero attached hydrogens (tertiary/aromatic N) is 1. The number of hydrogen-bond donors (Lipinski definition) is 1. The van der Waals surface area contributed by atoms with E-state index >= 15 is 0 Å². The minimum Gasteiger partial charge on any atom is -0.493 e. The van der Waals surface area contributed by atoms with E-state index in [0.29, 0.717) is 30.2 Å². The molecule has 3 aromatic rings. The first-order chi connectivity index (χ1) is 12.6. The van der Waals surface area contributed by atoms with Crippen LogP contribution in [0.25, 0.3) is 10.2 Å². The van der Waals surface area contributed by atoms with Crippen LogP contribution < -0.4 is 14.8 Å². The fourth-order valence-electron chi connectivity index (χ4n) is 2.99. The minimum atomic E-state index is -0.0770. The number of rotatable bonds is 7. The standard InChI is InChI=1S/C19H21ClN2O3S/c1-4-22-13-11-18(20)26-17(13)10-14(22)19(23)21-8-7-12-5-6-15(24-2)16(9-12)25-3/h5-6,9-11H,4,7-8H2,1-3H3,(H,21,23). The molecule has 3 rings (SSSR count). The molecule has 26 heavy (non-hydrogen) atoms. The van der Waals surface area contributed by atoms with Gasteiger partial charge in [0.1, 0.15) is 5.69 Å². The summed E-state index contributed by atoms with van der Waals surface area (Å²) < 4.78 is 14.3. The predicted molar refractivity (Wildman–Crippen MR) is 106 cm³/mol. The maximum Gasteiger partial charge on any atom is 0.267 e. The molecule has 5 nitrogen and oxygen atoms in total. The average molecular weight is 393 g/mol. The number of amides is 1. The summed E-state index contributed by atoms with van der Waals surface area (Å²) in [6, 6.07) is 9.58. The molecular weight excluding hydrogens is 372 g/mol. The summed E-state index contributed by atoms with van der Waals surface area (Å²) in [7, 11) is 3.22. The van der Waals surface area contributed by atoms with Crippen molar-refractivity contribution < 1.29 is 14.3 Å². The third kappa shape index (κ3) is 3.66. The fourth-order valence-corrected chi connectivity index (χ4v) is 4.17. The van der Waals surface area contributed by atoms with Crippen molar-refractivity contribution >= 4 is 39.1 Å². The Morgan fingerprint density at radius 3 is 2.65 bits per heavy atom. The molecular formula is C19H21ClN2O3S. The van der Waals surface area contributed by atoms with Gasteiger partial charge in [-0.25, -0.2) is 0 Å². The topological polar surface area (TPSA) is 52.5 Å². The molecule has 7 heteroatoms. The van der Waals surface area contributed by atoms with Gasteiger partial charge in [0, 0.05) is 13.1 Å². The number of nitrogens with one attached hydrogen (secondary N) is 1. The zero-order valence-corrected chi connectivity index (χ0v) is 16.5. The van der Waals surface area contributed by atoms with Crippen LogP contribution in [0, 0.1) is 0 Å². The summed E-state index contributed by atoms with van der Waals surface area (Å²) in [5.74, 6) is 1.31. The summed E-state index contributed by atoms with van der Waals surface area (Å²) in [6.07, 6.45) is 0.707. The number of halogens is 1. The molecule has 1 aromatic carbocycles. The number of aryl methyl sites for hydroxylation is 1. The van der Waals surface area contributed by atoms with E-state index in [-0.39, 0.29) is 5.91 Å². The molecule has 0 fully saturated rings. The summed E-state index contributed by atoms with van der Waals surface area (Å²) in [5.41, 5.74) is 2.74. The van der Waals surface area contributed by atoms with Crippen LogP contribution >= 0.6 is 22.9 Å². The number of fused-ring (bicyclic) bond motifs is 1. The molecule has 0 bridgehead atoms. The normalized spacial score (nSPS) is 10.9. The monoisotopic (exact) mass is 392 g/mol. The van der Waals surface area contributed by atoms with Crippen molar-refractivity contribution in [1.82, 2.24) is 9.88 Å². The molecule has 0 saturated carbocycles. The highest BCUT2D eigenvalue weighted by Crippen LogP contribution is 2.32. The van der Waals surface area contributed by atoms with Gasteiger partial charge in [0.25, 0.3) is 5.91 Å². The molecule has 0 aliphatic carbocycles. The molecule has 138 valence electrons. The van der Waals surface area contributed by atoms with E-state index in [1.807, 2.05) is 41.8 Å². The van der Waals surface area contributed by atoms with E-state index < -0.39 is 0 Å². The van der Waals surface area contributed by atoms with Crippen LogP contribution in [-0.4, -0.2) is 31.2 Å². The first-order valence-corrected chi connectivity index (χ1v) is 9.54. The van der Waals surface area contributed by atoms with Crippen molar-refractivity contribution in [3.8, 4) is 11.5 Å². The van der Waals surface area contributed by atoms with Crippen LogP contribution in [0.3, 0.4) is 0 Å². The lowest BCUT2D eigenvalue weighted by molar-refractivity contribution is 0.0945. The number of aromatic nitrogens is 1. The van der Waals surface area contributed by atoms with Gasteiger partial charge in [0.05, 0.1) is 28.8 Å². The molecule has 0 atom stereocenters. The fraction of sp³-hybridized carbons (Fsp3) is 0.316. The average Bonchev–Trinajstić information content (AvgIpc) is 3.16. The third-order valence-electron chi connectivity index (χ3n) is 4.26. The molecule has 0 radical (unpaired) electrons. The van der Waals surface area contributed by atoms with E-state index in [0.717, 1.165) is 26.7 Å². The molecule has 0 saturated heterocycles. The van der Waals surface area contributed by atoms with Crippen LogP contribution in [0.2, 0.25) is 4.34 Å². The Balaban J connectivity index is 1.67. The Hall–Kier alpha value is -2.18. The number of carbonyl (C=O) groups is 1. The lowest BCUT2D eigenvalue weighted by Crippen LogP contribution is -2.27. The molecule has 0 spiro atoms.